The summed E-state index contributed by atoms with van der Waals surface area (Å²) >= 11 is 0.989. The number of aliphatic carboxylic acids is 1. The molecule has 2 saturated heterocycles. The number of aromatic nitrogens is 3. The normalized spacial score (nSPS) is 20.9. The maximum absolute atomic E-state index is 13.6. The van der Waals surface area contributed by atoms with Crippen LogP contribution >= 0.6 is 11.3 Å². The predicted octanol–water partition coefficient (Wildman–Crippen LogP) is -0.786. The van der Waals surface area contributed by atoms with Crippen molar-refractivity contribution >= 4 is 56.3 Å². The molecule has 0 radical (unpaired) electrons. The van der Waals surface area contributed by atoms with E-state index in [0.717, 1.165) is 47.7 Å². The van der Waals surface area contributed by atoms with Crippen LogP contribution in [0.25, 0.3) is 11.1 Å². The number of aliphatic hydroxyl groups is 1. The Morgan fingerprint density at radius 3 is 2.67 bits per heavy atom. The van der Waals surface area contributed by atoms with Gasteiger partial charge in [0.1, 0.15) is 29.8 Å². The first-order valence-electron chi connectivity index (χ1n) is 17.9. The molecule has 308 valence electrons. The summed E-state index contributed by atoms with van der Waals surface area (Å²) in [5.74, 6) is -1.64. The van der Waals surface area contributed by atoms with Gasteiger partial charge < -0.3 is 41.9 Å². The minimum atomic E-state index is -5.04. The SMILES string of the molecule is CC(CC(=O)O)(O/N=C(\C(=O)NC1C(=O)N(OS(=O)(=O)O)C1(C)C)c1csc(N)n1)[C@H]1CCc2cc(-c3cnc(NC[C@@H](O)CN)[n+](CC4CNC4)c3)ccc2O1. The summed E-state index contributed by atoms with van der Waals surface area (Å²) in [6, 6.07) is 4.31. The van der Waals surface area contributed by atoms with E-state index in [1.165, 1.54) is 26.2 Å². The van der Waals surface area contributed by atoms with Gasteiger partial charge in [0, 0.05) is 36.5 Å². The van der Waals surface area contributed by atoms with E-state index in [1.54, 1.807) is 12.3 Å². The number of fused-ring (bicyclic) bond motifs is 1. The molecule has 3 aliphatic heterocycles. The molecule has 0 aliphatic carbocycles. The standard InChI is InChI=1S/C34H44N10O11S2/c1-33(2)28(30(49)44(33)55-57(50,51)52)41-29(48)27(23-17-56-31(36)40-23)42-54-34(3,9-26(46)47)25-7-5-20-8-19(4-6-24(20)53-25)21-13-38-32(39-14-22(45)10-35)43(16-21)15-18-11-37-12-18/h4,6,8,13,16-18,22,25,28,37,45H,5,7,9-12,14-15,35H2,1-3H3,(H5,36,40,41,46,47,48,50,51,52)/p+1/b42-27-/t22-,25+,28?,34?/m0/s1. The minimum absolute atomic E-state index is 0.0390. The van der Waals surface area contributed by atoms with Crippen LogP contribution in [-0.2, 0) is 46.9 Å². The number of aryl methyl sites for hydroxylation is 1. The molecule has 21 nitrogen and oxygen atoms in total. The second-order valence-corrected chi connectivity index (χ2v) is 16.7. The molecule has 0 saturated carbocycles. The van der Waals surface area contributed by atoms with Crippen molar-refractivity contribution < 1.29 is 56.0 Å². The number of nitrogen functional groups attached to an aromatic ring is 1. The first kappa shape index (κ1) is 41.6. The molecule has 4 atom stereocenters. The average molecular weight is 834 g/mol. The molecule has 3 aliphatic rings. The molecule has 2 fully saturated rings. The molecule has 0 spiro atoms. The number of anilines is 2. The van der Waals surface area contributed by atoms with E-state index in [4.69, 9.17) is 25.6 Å². The van der Waals surface area contributed by atoms with Crippen LogP contribution in [0.15, 0.2) is 41.1 Å². The van der Waals surface area contributed by atoms with Crippen molar-refractivity contribution in [3.05, 3.63) is 47.2 Å². The van der Waals surface area contributed by atoms with Crippen molar-refractivity contribution in [3.8, 4) is 16.9 Å². The van der Waals surface area contributed by atoms with Gasteiger partial charge in [0.25, 0.3) is 11.8 Å². The van der Waals surface area contributed by atoms with Crippen LogP contribution in [0, 0.1) is 5.92 Å². The number of hydroxylamine groups is 2. The van der Waals surface area contributed by atoms with Gasteiger partial charge in [-0.3, -0.25) is 24.3 Å². The van der Waals surface area contributed by atoms with Crippen LogP contribution < -0.4 is 36.7 Å². The Balaban J connectivity index is 1.21. The summed E-state index contributed by atoms with van der Waals surface area (Å²) in [4.78, 5) is 53.2. The van der Waals surface area contributed by atoms with Crippen molar-refractivity contribution in [1.29, 1.82) is 0 Å². The molecule has 2 unspecified atom stereocenters. The van der Waals surface area contributed by atoms with Crippen molar-refractivity contribution in [2.75, 3.05) is 37.2 Å². The van der Waals surface area contributed by atoms with Crippen LogP contribution in [-0.4, -0.2) is 117 Å². The highest BCUT2D eigenvalue weighted by molar-refractivity contribution is 7.80. The smallest absolute Gasteiger partial charge is 0.418 e. The second kappa shape index (κ2) is 16.4. The minimum Gasteiger partial charge on any atom is -0.486 e. The number of carbonyl (C=O) groups is 3. The number of ether oxygens (including phenoxy) is 1. The van der Waals surface area contributed by atoms with Gasteiger partial charge >= 0.3 is 22.3 Å². The van der Waals surface area contributed by atoms with E-state index >= 15 is 0 Å². The highest BCUT2D eigenvalue weighted by Gasteiger charge is 2.58. The third kappa shape index (κ3) is 9.41. The quantitative estimate of drug-likeness (QED) is 0.0272. The predicted molar refractivity (Wildman–Crippen MR) is 203 cm³/mol. The number of rotatable bonds is 17. The fraction of sp³-hybridized carbons (Fsp3) is 0.500. The number of amides is 2. The fourth-order valence-electron chi connectivity index (χ4n) is 6.62. The number of carboxylic acid groups (broad SMARTS) is 1. The molecule has 57 heavy (non-hydrogen) atoms. The van der Waals surface area contributed by atoms with Gasteiger partial charge in [-0.2, -0.15) is 13.5 Å². The first-order valence-corrected chi connectivity index (χ1v) is 20.1. The van der Waals surface area contributed by atoms with E-state index in [2.05, 4.69) is 35.4 Å². The Bertz CT molecular complexity index is 2160. The number of thiazole rings is 1. The molecule has 2 amide bonds. The van der Waals surface area contributed by atoms with Gasteiger partial charge in [-0.25, -0.2) is 9.55 Å². The lowest BCUT2D eigenvalue weighted by molar-refractivity contribution is -0.692. The molecule has 23 heteroatoms. The lowest BCUT2D eigenvalue weighted by Crippen LogP contribution is -2.76. The van der Waals surface area contributed by atoms with Crippen molar-refractivity contribution in [2.45, 2.75) is 76.0 Å². The number of nitrogens with one attached hydrogen (secondary N) is 3. The number of carbonyl (C=O) groups excluding carboxylic acids is 2. The number of nitrogens with two attached hydrogens (primary N) is 2. The Labute approximate surface area is 331 Å². The van der Waals surface area contributed by atoms with E-state index < -0.39 is 69.7 Å². The Kier molecular flexibility index (Phi) is 12.0. The van der Waals surface area contributed by atoms with Gasteiger partial charge in [0.15, 0.2) is 16.4 Å². The molecule has 5 heterocycles. The fourth-order valence-corrected chi connectivity index (χ4v) is 7.63. The third-order valence-electron chi connectivity index (χ3n) is 9.95. The van der Waals surface area contributed by atoms with Crippen molar-refractivity contribution in [1.82, 2.24) is 25.7 Å². The largest absolute Gasteiger partial charge is 0.486 e. The summed E-state index contributed by atoms with van der Waals surface area (Å²) < 4.78 is 44.3. The number of carboxylic acids is 1. The Hall–Kier alpha value is -5.04. The number of nitrogens with zero attached hydrogens (tertiary/aromatic N) is 5. The summed E-state index contributed by atoms with van der Waals surface area (Å²) in [5.41, 5.74) is 10.4. The van der Waals surface area contributed by atoms with Crippen LogP contribution in [0.1, 0.15) is 44.9 Å². The Morgan fingerprint density at radius 2 is 2.05 bits per heavy atom. The number of aliphatic hydroxyl groups excluding tert-OH is 1. The molecule has 2 aromatic heterocycles. The number of hydrogen-bond donors (Lipinski definition) is 8. The number of hydrogen-bond acceptors (Lipinski definition) is 17. The van der Waals surface area contributed by atoms with Gasteiger partial charge in [-0.15, -0.1) is 15.6 Å². The molecular formula is C34H45N10O11S2+. The lowest BCUT2D eigenvalue weighted by atomic mass is 9.84. The van der Waals surface area contributed by atoms with E-state index in [-0.39, 0.29) is 23.9 Å². The lowest BCUT2D eigenvalue weighted by Gasteiger charge is -2.50. The third-order valence-corrected chi connectivity index (χ3v) is 11.0. The van der Waals surface area contributed by atoms with Crippen LogP contribution in [0.2, 0.25) is 0 Å². The second-order valence-electron chi connectivity index (χ2n) is 14.8. The summed E-state index contributed by atoms with van der Waals surface area (Å²) in [5, 5.41) is 34.8. The van der Waals surface area contributed by atoms with E-state index in [9.17, 15) is 33.0 Å². The molecule has 3 aromatic rings. The van der Waals surface area contributed by atoms with Gasteiger partial charge in [0.2, 0.25) is 0 Å². The van der Waals surface area contributed by atoms with Crippen molar-refractivity contribution in [3.63, 3.8) is 0 Å². The maximum atomic E-state index is 13.6. The van der Waals surface area contributed by atoms with Crippen LogP contribution in [0.4, 0.5) is 11.1 Å². The molecule has 0 bridgehead atoms. The topological polar surface area (TPSA) is 307 Å². The molecule has 1 aromatic carbocycles. The van der Waals surface area contributed by atoms with Gasteiger partial charge in [-0.05, 0) is 56.9 Å². The molecular weight excluding hydrogens is 789 g/mol. The number of oxime groups is 1. The molecule has 6 rings (SSSR count). The average Bonchev–Trinajstić information content (AvgIpc) is 3.57. The van der Waals surface area contributed by atoms with Crippen LogP contribution in [0.5, 0.6) is 5.75 Å². The zero-order valence-electron chi connectivity index (χ0n) is 31.2. The van der Waals surface area contributed by atoms with Crippen LogP contribution in [0.3, 0.4) is 0 Å². The zero-order valence-corrected chi connectivity index (χ0v) is 32.9. The maximum Gasteiger partial charge on any atom is 0.418 e. The van der Waals surface area contributed by atoms with E-state index in [0.29, 0.717) is 35.5 Å². The Morgan fingerprint density at radius 1 is 1.30 bits per heavy atom. The highest BCUT2D eigenvalue weighted by Crippen LogP contribution is 2.38. The zero-order chi connectivity index (χ0) is 41.3. The number of β-lactam (4-membered cyclic amide) rings is 1. The first-order chi connectivity index (χ1) is 26.9. The van der Waals surface area contributed by atoms with Crippen molar-refractivity contribution in [2.24, 2.45) is 16.8 Å². The summed E-state index contributed by atoms with van der Waals surface area (Å²) in [6.45, 7) is 7.13. The summed E-state index contributed by atoms with van der Waals surface area (Å²) in [7, 11) is -5.04. The van der Waals surface area contributed by atoms with E-state index in [1.807, 2.05) is 22.9 Å². The number of benzene rings is 1. The highest BCUT2D eigenvalue weighted by atomic mass is 32.3. The monoisotopic (exact) mass is 833 g/mol. The molecule has 10 N–H and O–H groups in total. The summed E-state index contributed by atoms with van der Waals surface area (Å²) in [6.07, 6.45) is 2.39. The van der Waals surface area contributed by atoms with Gasteiger partial charge in [-0.1, -0.05) is 16.2 Å². The van der Waals surface area contributed by atoms with Gasteiger partial charge in [0.05, 0.1) is 37.4 Å².